The van der Waals surface area contributed by atoms with E-state index in [0.717, 1.165) is 0 Å². The minimum atomic E-state index is -1.16. The lowest BCUT2D eigenvalue weighted by molar-refractivity contribution is 0.0681. The number of esters is 1. The zero-order valence-electron chi connectivity index (χ0n) is 9.67. The summed E-state index contributed by atoms with van der Waals surface area (Å²) in [6.07, 6.45) is 0. The fourth-order valence-electron chi connectivity index (χ4n) is 1.51. The van der Waals surface area contributed by atoms with Crippen molar-refractivity contribution in [1.29, 1.82) is 0 Å². The van der Waals surface area contributed by atoms with Gasteiger partial charge in [0.25, 0.3) is 0 Å². The van der Waals surface area contributed by atoms with Gasteiger partial charge in [0.1, 0.15) is 11.3 Å². The molecule has 2 aromatic carbocycles. The van der Waals surface area contributed by atoms with Gasteiger partial charge in [-0.3, -0.25) is 0 Å². The molecule has 4 nitrogen and oxygen atoms in total. The topological polar surface area (TPSA) is 63.6 Å². The molecule has 0 bridgehead atoms. The van der Waals surface area contributed by atoms with Crippen molar-refractivity contribution in [1.82, 2.24) is 0 Å². The fourth-order valence-corrected chi connectivity index (χ4v) is 1.73. The van der Waals surface area contributed by atoms with Gasteiger partial charge in [-0.2, -0.15) is 0 Å². The smallest absolute Gasteiger partial charge is 0.345 e. The maximum atomic E-state index is 11.9. The Labute approximate surface area is 114 Å². The van der Waals surface area contributed by atoms with Crippen LogP contribution in [0.3, 0.4) is 0 Å². The van der Waals surface area contributed by atoms with Crippen molar-refractivity contribution < 1.29 is 19.4 Å². The third kappa shape index (κ3) is 2.92. The van der Waals surface area contributed by atoms with Gasteiger partial charge in [-0.1, -0.05) is 35.9 Å². The maximum absolute atomic E-state index is 11.9. The second kappa shape index (κ2) is 5.54. The highest BCUT2D eigenvalue weighted by Gasteiger charge is 2.16. The van der Waals surface area contributed by atoms with Crippen molar-refractivity contribution >= 4 is 23.5 Å². The Hall–Kier alpha value is -2.33. The number of aromatic carboxylic acids is 1. The lowest BCUT2D eigenvalue weighted by Gasteiger charge is -2.07. The van der Waals surface area contributed by atoms with Crippen molar-refractivity contribution in [3.63, 3.8) is 0 Å². The molecule has 0 amide bonds. The molecule has 0 aromatic heterocycles. The average molecular weight is 277 g/mol. The number of hydrogen-bond acceptors (Lipinski definition) is 3. The standard InChI is InChI=1S/C14H9ClO4/c15-11-7-3-1-5-9(11)14(18)19-12-8-4-2-6-10(12)13(16)17/h1-8H,(H,16,17). The van der Waals surface area contributed by atoms with E-state index in [4.69, 9.17) is 21.4 Å². The number of carboxylic acid groups (broad SMARTS) is 1. The summed E-state index contributed by atoms with van der Waals surface area (Å²) in [6.45, 7) is 0. The highest BCUT2D eigenvalue weighted by molar-refractivity contribution is 6.33. The molecule has 0 fully saturated rings. The average Bonchev–Trinajstić information content (AvgIpc) is 2.39. The van der Waals surface area contributed by atoms with Gasteiger partial charge >= 0.3 is 11.9 Å². The van der Waals surface area contributed by atoms with Crippen LogP contribution in [0.2, 0.25) is 5.02 Å². The molecule has 0 heterocycles. The Balaban J connectivity index is 2.30. The van der Waals surface area contributed by atoms with E-state index in [0.29, 0.717) is 0 Å². The summed E-state index contributed by atoms with van der Waals surface area (Å²) >= 11 is 5.87. The summed E-state index contributed by atoms with van der Waals surface area (Å²) in [4.78, 5) is 22.9. The molecule has 1 N–H and O–H groups in total. The molecule has 0 unspecified atom stereocenters. The van der Waals surface area contributed by atoms with E-state index < -0.39 is 11.9 Å². The van der Waals surface area contributed by atoms with E-state index in [1.54, 1.807) is 30.3 Å². The molecule has 0 aliphatic carbocycles. The summed E-state index contributed by atoms with van der Waals surface area (Å²) in [5.74, 6) is -1.87. The van der Waals surface area contributed by atoms with E-state index in [1.807, 2.05) is 0 Å². The first-order valence-corrected chi connectivity index (χ1v) is 5.76. The Morgan fingerprint density at radius 3 is 2.16 bits per heavy atom. The molecule has 0 saturated carbocycles. The molecule has 96 valence electrons. The number of ether oxygens (including phenoxy) is 1. The zero-order valence-corrected chi connectivity index (χ0v) is 10.4. The number of benzene rings is 2. The van der Waals surface area contributed by atoms with E-state index in [1.165, 1.54) is 18.2 Å². The maximum Gasteiger partial charge on any atom is 0.345 e. The summed E-state index contributed by atoms with van der Waals surface area (Å²) in [7, 11) is 0. The number of carboxylic acids is 1. The van der Waals surface area contributed by atoms with Crippen LogP contribution in [0.15, 0.2) is 48.5 Å². The van der Waals surface area contributed by atoms with Gasteiger partial charge in [0, 0.05) is 0 Å². The molecule has 0 spiro atoms. The molecule has 0 atom stereocenters. The number of rotatable bonds is 3. The van der Waals surface area contributed by atoms with Crippen molar-refractivity contribution in [3.05, 3.63) is 64.7 Å². The second-order valence-corrected chi connectivity index (χ2v) is 4.08. The predicted molar refractivity (Wildman–Crippen MR) is 69.8 cm³/mol. The van der Waals surface area contributed by atoms with Crippen LogP contribution in [-0.4, -0.2) is 17.0 Å². The highest BCUT2D eigenvalue weighted by Crippen LogP contribution is 2.21. The molecular formula is C14H9ClO4. The lowest BCUT2D eigenvalue weighted by atomic mass is 10.2. The van der Waals surface area contributed by atoms with Crippen molar-refractivity contribution in [2.45, 2.75) is 0 Å². The van der Waals surface area contributed by atoms with Crippen LogP contribution in [0, 0.1) is 0 Å². The third-order valence-corrected chi connectivity index (χ3v) is 2.74. The molecule has 5 heteroatoms. The Kier molecular flexibility index (Phi) is 3.82. The summed E-state index contributed by atoms with van der Waals surface area (Å²) in [5, 5.41) is 9.24. The normalized spacial score (nSPS) is 9.95. The third-order valence-electron chi connectivity index (χ3n) is 2.41. The van der Waals surface area contributed by atoms with Crippen LogP contribution in [0.1, 0.15) is 20.7 Å². The Morgan fingerprint density at radius 1 is 0.947 bits per heavy atom. The van der Waals surface area contributed by atoms with E-state index in [9.17, 15) is 9.59 Å². The molecule has 2 aromatic rings. The number of para-hydroxylation sites is 1. The summed E-state index contributed by atoms with van der Waals surface area (Å²) < 4.78 is 5.07. The van der Waals surface area contributed by atoms with E-state index in [2.05, 4.69) is 0 Å². The second-order valence-electron chi connectivity index (χ2n) is 3.67. The molecule has 0 aliphatic rings. The van der Waals surface area contributed by atoms with Crippen molar-refractivity contribution in [3.8, 4) is 5.75 Å². The van der Waals surface area contributed by atoms with Gasteiger partial charge in [0.2, 0.25) is 0 Å². The van der Waals surface area contributed by atoms with Crippen LogP contribution >= 0.6 is 11.6 Å². The van der Waals surface area contributed by atoms with Gasteiger partial charge in [-0.15, -0.1) is 0 Å². The number of hydrogen-bond donors (Lipinski definition) is 1. The Morgan fingerprint density at radius 2 is 1.53 bits per heavy atom. The van der Waals surface area contributed by atoms with Gasteiger partial charge < -0.3 is 9.84 Å². The first-order chi connectivity index (χ1) is 9.09. The van der Waals surface area contributed by atoms with Crippen molar-refractivity contribution in [2.75, 3.05) is 0 Å². The lowest BCUT2D eigenvalue weighted by Crippen LogP contribution is -2.11. The van der Waals surface area contributed by atoms with E-state index >= 15 is 0 Å². The van der Waals surface area contributed by atoms with Crippen LogP contribution in [0.5, 0.6) is 5.75 Å². The van der Waals surface area contributed by atoms with Crippen LogP contribution in [-0.2, 0) is 0 Å². The number of carbonyl (C=O) groups excluding carboxylic acids is 1. The predicted octanol–water partition coefficient (Wildman–Crippen LogP) is 3.26. The SMILES string of the molecule is O=C(Oc1ccccc1C(=O)O)c1ccccc1Cl. The highest BCUT2D eigenvalue weighted by atomic mass is 35.5. The Bertz CT molecular complexity index is 637. The fraction of sp³-hybridized carbons (Fsp3) is 0. The minimum absolute atomic E-state index is 0.0140. The molecule has 2 rings (SSSR count). The van der Waals surface area contributed by atoms with Crippen molar-refractivity contribution in [2.24, 2.45) is 0 Å². The summed E-state index contributed by atoms with van der Waals surface area (Å²) in [6, 6.07) is 12.3. The van der Waals surface area contributed by atoms with E-state index in [-0.39, 0.29) is 21.9 Å². The first-order valence-electron chi connectivity index (χ1n) is 5.38. The minimum Gasteiger partial charge on any atom is -0.478 e. The molecule has 0 radical (unpaired) electrons. The molecule has 19 heavy (non-hydrogen) atoms. The van der Waals surface area contributed by atoms with Gasteiger partial charge in [-0.25, -0.2) is 9.59 Å². The number of halogens is 1. The molecule has 0 aliphatic heterocycles. The monoisotopic (exact) mass is 276 g/mol. The van der Waals surface area contributed by atoms with Crippen LogP contribution in [0.25, 0.3) is 0 Å². The van der Waals surface area contributed by atoms with Crippen LogP contribution in [0.4, 0.5) is 0 Å². The zero-order chi connectivity index (χ0) is 13.8. The number of carbonyl (C=O) groups is 2. The van der Waals surface area contributed by atoms with Crippen LogP contribution < -0.4 is 4.74 Å². The van der Waals surface area contributed by atoms with Gasteiger partial charge in [-0.05, 0) is 24.3 Å². The first kappa shape index (κ1) is 13.1. The van der Waals surface area contributed by atoms with Gasteiger partial charge in [0.05, 0.1) is 10.6 Å². The van der Waals surface area contributed by atoms with Gasteiger partial charge in [0.15, 0.2) is 0 Å². The molecular weight excluding hydrogens is 268 g/mol. The quantitative estimate of drug-likeness (QED) is 0.690. The largest absolute Gasteiger partial charge is 0.478 e. The molecule has 0 saturated heterocycles. The summed E-state index contributed by atoms with van der Waals surface area (Å²) in [5.41, 5.74) is 0.104.